The van der Waals surface area contributed by atoms with E-state index in [9.17, 15) is 9.59 Å². The van der Waals surface area contributed by atoms with E-state index < -0.39 is 11.9 Å². The molecule has 0 aromatic carbocycles. The summed E-state index contributed by atoms with van der Waals surface area (Å²) in [6.45, 7) is 8.37. The van der Waals surface area contributed by atoms with Crippen molar-refractivity contribution in [1.82, 2.24) is 0 Å². The van der Waals surface area contributed by atoms with Gasteiger partial charge in [0.1, 0.15) is 0 Å². The summed E-state index contributed by atoms with van der Waals surface area (Å²) < 4.78 is 0. The molecule has 2 atom stereocenters. The van der Waals surface area contributed by atoms with Crippen LogP contribution in [0.15, 0.2) is 0 Å². The predicted molar refractivity (Wildman–Crippen MR) is 77.3 cm³/mol. The Labute approximate surface area is 117 Å². The molecule has 0 rings (SSSR count). The van der Waals surface area contributed by atoms with Crippen LogP contribution < -0.4 is 0 Å². The first-order valence-corrected chi connectivity index (χ1v) is 7.26. The summed E-state index contributed by atoms with van der Waals surface area (Å²) in [7, 11) is 0. The minimum Gasteiger partial charge on any atom is -0.481 e. The lowest BCUT2D eigenvalue weighted by Gasteiger charge is -2.06. The first kappa shape index (κ1) is 20.3. The lowest BCUT2D eigenvalue weighted by Crippen LogP contribution is -2.00. The fourth-order valence-electron chi connectivity index (χ4n) is 1.58. The molecule has 0 saturated carbocycles. The molecule has 0 spiro atoms. The SMILES string of the molecule is CCC[C@@H](C)CCC(=O)O.CC[C@@H](C)CCC(=O)O. The average Bonchev–Trinajstić information content (AvgIpc) is 2.34. The molecule has 0 aliphatic rings. The van der Waals surface area contributed by atoms with Crippen molar-refractivity contribution in [1.29, 1.82) is 0 Å². The lowest BCUT2D eigenvalue weighted by molar-refractivity contribution is -0.138. The molecule has 0 saturated heterocycles. The fraction of sp³-hybridized carbons (Fsp3) is 0.867. The lowest BCUT2D eigenvalue weighted by atomic mass is 10.0. The van der Waals surface area contributed by atoms with Crippen molar-refractivity contribution in [2.24, 2.45) is 11.8 Å². The number of hydrogen-bond donors (Lipinski definition) is 2. The highest BCUT2D eigenvalue weighted by molar-refractivity contribution is 5.66. The zero-order valence-corrected chi connectivity index (χ0v) is 12.8. The van der Waals surface area contributed by atoms with Gasteiger partial charge in [-0.2, -0.15) is 0 Å². The highest BCUT2D eigenvalue weighted by atomic mass is 16.4. The topological polar surface area (TPSA) is 74.6 Å². The molecule has 0 bridgehead atoms. The van der Waals surface area contributed by atoms with E-state index in [4.69, 9.17) is 10.2 Å². The Morgan fingerprint density at radius 3 is 1.58 bits per heavy atom. The van der Waals surface area contributed by atoms with Crippen LogP contribution >= 0.6 is 0 Å². The molecule has 19 heavy (non-hydrogen) atoms. The van der Waals surface area contributed by atoms with Gasteiger partial charge in [0.15, 0.2) is 0 Å². The van der Waals surface area contributed by atoms with Crippen molar-refractivity contribution < 1.29 is 19.8 Å². The van der Waals surface area contributed by atoms with Crippen molar-refractivity contribution >= 4 is 11.9 Å². The summed E-state index contributed by atoms with van der Waals surface area (Å²) in [5.41, 5.74) is 0. The first-order chi connectivity index (χ1) is 8.83. The van der Waals surface area contributed by atoms with E-state index >= 15 is 0 Å². The van der Waals surface area contributed by atoms with E-state index in [2.05, 4.69) is 27.7 Å². The van der Waals surface area contributed by atoms with Gasteiger partial charge in [-0.15, -0.1) is 0 Å². The molecule has 0 heterocycles. The predicted octanol–water partition coefficient (Wildman–Crippen LogP) is 4.18. The maximum Gasteiger partial charge on any atom is 0.303 e. The monoisotopic (exact) mass is 274 g/mol. The minimum absolute atomic E-state index is 0.314. The molecule has 4 heteroatoms. The third-order valence-electron chi connectivity index (χ3n) is 3.18. The number of carbonyl (C=O) groups is 2. The highest BCUT2D eigenvalue weighted by Gasteiger charge is 2.03. The number of hydrogen-bond acceptors (Lipinski definition) is 2. The quantitative estimate of drug-likeness (QED) is 0.661. The molecule has 0 aromatic heterocycles. The van der Waals surface area contributed by atoms with Crippen LogP contribution in [0.2, 0.25) is 0 Å². The zero-order valence-electron chi connectivity index (χ0n) is 12.8. The van der Waals surface area contributed by atoms with Crippen molar-refractivity contribution in [3.05, 3.63) is 0 Å². The highest BCUT2D eigenvalue weighted by Crippen LogP contribution is 2.11. The maximum absolute atomic E-state index is 10.1. The molecule has 0 aliphatic carbocycles. The van der Waals surface area contributed by atoms with E-state index in [1.165, 1.54) is 0 Å². The van der Waals surface area contributed by atoms with Crippen LogP contribution in [0.4, 0.5) is 0 Å². The molecule has 0 aliphatic heterocycles. The second-order valence-corrected chi connectivity index (χ2v) is 5.27. The van der Waals surface area contributed by atoms with Crippen LogP contribution in [0, 0.1) is 11.8 Å². The maximum atomic E-state index is 10.1. The van der Waals surface area contributed by atoms with Crippen molar-refractivity contribution in [3.63, 3.8) is 0 Å². The largest absolute Gasteiger partial charge is 0.481 e. The van der Waals surface area contributed by atoms with Crippen LogP contribution in [0.3, 0.4) is 0 Å². The van der Waals surface area contributed by atoms with Gasteiger partial charge in [0.05, 0.1) is 0 Å². The standard InChI is InChI=1S/C8H16O2.C7H14O2/c1-3-4-7(2)5-6-8(9)10;1-3-6(2)4-5-7(8)9/h7H,3-6H2,1-2H3,(H,9,10);6H,3-5H2,1-2H3,(H,8,9)/t7-;6-/m11/s1. The van der Waals surface area contributed by atoms with Gasteiger partial charge in [-0.3, -0.25) is 9.59 Å². The Bertz CT molecular complexity index is 238. The molecule has 114 valence electrons. The van der Waals surface area contributed by atoms with E-state index in [1.54, 1.807) is 0 Å². The fourth-order valence-corrected chi connectivity index (χ4v) is 1.58. The van der Waals surface area contributed by atoms with Crippen LogP contribution in [-0.2, 0) is 9.59 Å². The smallest absolute Gasteiger partial charge is 0.303 e. The summed E-state index contributed by atoms with van der Waals surface area (Å²) in [4.78, 5) is 20.1. The number of carboxylic acid groups (broad SMARTS) is 2. The molecule has 2 N–H and O–H groups in total. The van der Waals surface area contributed by atoms with Gasteiger partial charge in [0, 0.05) is 12.8 Å². The Kier molecular flexibility index (Phi) is 14.3. The van der Waals surface area contributed by atoms with E-state index in [-0.39, 0.29) is 0 Å². The molecule has 0 unspecified atom stereocenters. The Balaban J connectivity index is 0. The Morgan fingerprint density at radius 1 is 0.842 bits per heavy atom. The third-order valence-corrected chi connectivity index (χ3v) is 3.18. The summed E-state index contributed by atoms with van der Waals surface area (Å²) >= 11 is 0. The first-order valence-electron chi connectivity index (χ1n) is 7.26. The average molecular weight is 274 g/mol. The van der Waals surface area contributed by atoms with Gasteiger partial charge < -0.3 is 10.2 Å². The molecule has 0 fully saturated rings. The Morgan fingerprint density at radius 2 is 1.26 bits per heavy atom. The molecular formula is C15H30O4. The number of rotatable bonds is 9. The summed E-state index contributed by atoms with van der Waals surface area (Å²) in [5, 5.41) is 16.6. The van der Waals surface area contributed by atoms with Crippen molar-refractivity contribution in [2.75, 3.05) is 0 Å². The van der Waals surface area contributed by atoms with Crippen molar-refractivity contribution in [3.8, 4) is 0 Å². The molecular weight excluding hydrogens is 244 g/mol. The molecule has 4 nitrogen and oxygen atoms in total. The van der Waals surface area contributed by atoms with E-state index in [0.29, 0.717) is 24.7 Å². The van der Waals surface area contributed by atoms with Gasteiger partial charge >= 0.3 is 11.9 Å². The van der Waals surface area contributed by atoms with Crippen LogP contribution in [-0.4, -0.2) is 22.2 Å². The second kappa shape index (κ2) is 13.4. The Hall–Kier alpha value is -1.06. The van der Waals surface area contributed by atoms with Crippen LogP contribution in [0.5, 0.6) is 0 Å². The summed E-state index contributed by atoms with van der Waals surface area (Å²) in [5.74, 6) is -0.236. The van der Waals surface area contributed by atoms with Crippen molar-refractivity contribution in [2.45, 2.75) is 72.6 Å². The van der Waals surface area contributed by atoms with E-state index in [0.717, 1.165) is 32.1 Å². The number of carboxylic acids is 2. The molecule has 0 radical (unpaired) electrons. The van der Waals surface area contributed by atoms with Gasteiger partial charge in [0.2, 0.25) is 0 Å². The minimum atomic E-state index is -0.685. The van der Waals surface area contributed by atoms with Gasteiger partial charge in [-0.25, -0.2) is 0 Å². The zero-order chi connectivity index (χ0) is 15.3. The number of aliphatic carboxylic acids is 2. The normalized spacial score (nSPS) is 13.1. The summed E-state index contributed by atoms with van der Waals surface area (Å²) in [6, 6.07) is 0. The molecule has 0 aromatic rings. The van der Waals surface area contributed by atoms with E-state index in [1.807, 2.05) is 0 Å². The third kappa shape index (κ3) is 19.5. The van der Waals surface area contributed by atoms with Gasteiger partial charge in [-0.1, -0.05) is 47.0 Å². The van der Waals surface area contributed by atoms with Crippen LogP contribution in [0.25, 0.3) is 0 Å². The van der Waals surface area contributed by atoms with Gasteiger partial charge in [0.25, 0.3) is 0 Å². The molecule has 0 amide bonds. The van der Waals surface area contributed by atoms with Gasteiger partial charge in [-0.05, 0) is 24.7 Å². The second-order valence-electron chi connectivity index (χ2n) is 5.27. The van der Waals surface area contributed by atoms with Crippen LogP contribution in [0.1, 0.15) is 72.6 Å². The summed E-state index contributed by atoms with van der Waals surface area (Å²) in [6.07, 6.45) is 5.65.